The number of ether oxygens (including phenoxy) is 1. The van der Waals surface area contributed by atoms with Crippen molar-refractivity contribution in [3.05, 3.63) is 28.8 Å². The molecule has 1 nitrogen and oxygen atoms in total. The molecule has 90 valence electrons. The van der Waals surface area contributed by atoms with E-state index in [2.05, 4.69) is 48.8 Å². The summed E-state index contributed by atoms with van der Waals surface area (Å²) in [6.45, 7) is 7.21. The molecule has 0 bridgehead atoms. The van der Waals surface area contributed by atoms with E-state index in [1.165, 1.54) is 29.5 Å². The van der Waals surface area contributed by atoms with Crippen molar-refractivity contribution < 1.29 is 4.74 Å². The molecular formula is C14H21BrO. The Morgan fingerprint density at radius 2 is 1.69 bits per heavy atom. The molecular weight excluding hydrogens is 264 g/mol. The van der Waals surface area contributed by atoms with Crippen LogP contribution in [0.15, 0.2) is 12.1 Å². The number of hydrogen-bond acceptors (Lipinski definition) is 1. The van der Waals surface area contributed by atoms with E-state index in [9.17, 15) is 0 Å². The van der Waals surface area contributed by atoms with E-state index in [0.29, 0.717) is 0 Å². The van der Waals surface area contributed by atoms with Gasteiger partial charge in [-0.1, -0.05) is 28.1 Å². The molecule has 0 heterocycles. The van der Waals surface area contributed by atoms with Crippen LogP contribution in [0.2, 0.25) is 0 Å². The maximum absolute atomic E-state index is 5.88. The Morgan fingerprint density at radius 1 is 1.00 bits per heavy atom. The van der Waals surface area contributed by atoms with Gasteiger partial charge in [-0.2, -0.15) is 0 Å². The van der Waals surface area contributed by atoms with E-state index in [-0.39, 0.29) is 0 Å². The molecule has 0 radical (unpaired) electrons. The maximum atomic E-state index is 5.88. The highest BCUT2D eigenvalue weighted by Crippen LogP contribution is 2.25. The Bertz CT molecular complexity index is 334. The first-order valence-corrected chi connectivity index (χ1v) is 7.04. The molecule has 0 spiro atoms. The molecule has 2 heteroatoms. The monoisotopic (exact) mass is 284 g/mol. The number of halogens is 1. The van der Waals surface area contributed by atoms with Crippen molar-refractivity contribution in [1.29, 1.82) is 0 Å². The summed E-state index contributed by atoms with van der Waals surface area (Å²) >= 11 is 3.44. The number of benzene rings is 1. The zero-order valence-electron chi connectivity index (χ0n) is 10.5. The molecule has 0 saturated carbocycles. The summed E-state index contributed by atoms with van der Waals surface area (Å²) in [5, 5.41) is 1.09. The molecule has 1 aromatic rings. The minimum atomic E-state index is 0.831. The second-order valence-electron chi connectivity index (χ2n) is 4.25. The molecule has 0 aliphatic heterocycles. The highest BCUT2D eigenvalue weighted by molar-refractivity contribution is 9.09. The van der Waals surface area contributed by atoms with Gasteiger partial charge in [-0.3, -0.25) is 0 Å². The predicted octanol–water partition coefficient (Wildman–Crippen LogP) is 4.56. The van der Waals surface area contributed by atoms with Crippen LogP contribution in [0.5, 0.6) is 5.75 Å². The summed E-state index contributed by atoms with van der Waals surface area (Å²) in [4.78, 5) is 0. The smallest absolute Gasteiger partial charge is 0.125 e. The molecule has 1 rings (SSSR count). The van der Waals surface area contributed by atoms with Crippen LogP contribution in [0.25, 0.3) is 0 Å². The summed E-state index contributed by atoms with van der Waals surface area (Å²) in [7, 11) is 0. The fraction of sp³-hybridized carbons (Fsp3) is 0.571. The van der Waals surface area contributed by atoms with E-state index in [0.717, 1.165) is 24.1 Å². The third-order valence-corrected chi connectivity index (χ3v) is 3.46. The van der Waals surface area contributed by atoms with E-state index >= 15 is 0 Å². The Morgan fingerprint density at radius 3 is 2.38 bits per heavy atom. The van der Waals surface area contributed by atoms with Gasteiger partial charge < -0.3 is 4.74 Å². The van der Waals surface area contributed by atoms with E-state index in [1.54, 1.807) is 0 Å². The first-order valence-electron chi connectivity index (χ1n) is 5.92. The van der Waals surface area contributed by atoms with Gasteiger partial charge in [-0.05, 0) is 56.7 Å². The largest absolute Gasteiger partial charge is 0.493 e. The van der Waals surface area contributed by atoms with Gasteiger partial charge in [0.25, 0.3) is 0 Å². The topological polar surface area (TPSA) is 9.23 Å². The molecule has 0 amide bonds. The van der Waals surface area contributed by atoms with Crippen molar-refractivity contribution in [3.8, 4) is 5.75 Å². The van der Waals surface area contributed by atoms with E-state index in [1.807, 2.05) is 0 Å². The highest BCUT2D eigenvalue weighted by Gasteiger charge is 2.05. The van der Waals surface area contributed by atoms with Gasteiger partial charge in [-0.25, -0.2) is 0 Å². The van der Waals surface area contributed by atoms with Gasteiger partial charge in [0.05, 0.1) is 6.61 Å². The fourth-order valence-electron chi connectivity index (χ4n) is 1.70. The van der Waals surface area contributed by atoms with Crippen molar-refractivity contribution in [2.24, 2.45) is 0 Å². The fourth-order valence-corrected chi connectivity index (χ4v) is 2.09. The first-order chi connectivity index (χ1) is 7.66. The van der Waals surface area contributed by atoms with Crippen LogP contribution in [0.4, 0.5) is 0 Å². The maximum Gasteiger partial charge on any atom is 0.125 e. The normalized spacial score (nSPS) is 10.5. The zero-order chi connectivity index (χ0) is 12.0. The van der Waals surface area contributed by atoms with Crippen LogP contribution in [0.3, 0.4) is 0 Å². The lowest BCUT2D eigenvalue weighted by Gasteiger charge is -2.13. The third-order valence-electron chi connectivity index (χ3n) is 2.90. The Hall–Kier alpha value is -0.500. The number of hydrogen-bond donors (Lipinski definition) is 0. The van der Waals surface area contributed by atoms with Crippen molar-refractivity contribution in [2.75, 3.05) is 11.9 Å². The average Bonchev–Trinajstić information content (AvgIpc) is 2.28. The minimum absolute atomic E-state index is 0.831. The molecule has 0 N–H and O–H groups in total. The Labute approximate surface area is 107 Å². The van der Waals surface area contributed by atoms with E-state index < -0.39 is 0 Å². The molecule has 0 fully saturated rings. The molecule has 0 atom stereocenters. The zero-order valence-corrected chi connectivity index (χ0v) is 12.1. The molecule has 0 unspecified atom stereocenters. The summed E-state index contributed by atoms with van der Waals surface area (Å²) < 4.78 is 5.88. The first kappa shape index (κ1) is 13.6. The standard InChI is InChI=1S/C14H21BrO/c1-11-7-8-12(2)14(13(11)3)16-10-6-4-5-9-15/h7-8H,4-6,9-10H2,1-3H3. The third kappa shape index (κ3) is 3.82. The van der Waals surface area contributed by atoms with Crippen molar-refractivity contribution in [2.45, 2.75) is 40.0 Å². The molecule has 1 aromatic carbocycles. The highest BCUT2D eigenvalue weighted by atomic mass is 79.9. The lowest BCUT2D eigenvalue weighted by Crippen LogP contribution is -2.01. The van der Waals surface area contributed by atoms with Gasteiger partial charge in [0, 0.05) is 5.33 Å². The molecule has 0 aliphatic carbocycles. The van der Waals surface area contributed by atoms with Gasteiger partial charge in [0.2, 0.25) is 0 Å². The number of alkyl halides is 1. The van der Waals surface area contributed by atoms with Crippen LogP contribution in [-0.2, 0) is 0 Å². The summed E-state index contributed by atoms with van der Waals surface area (Å²) in [5.41, 5.74) is 3.82. The van der Waals surface area contributed by atoms with Gasteiger partial charge in [0.15, 0.2) is 0 Å². The Kier molecular flexibility index (Phi) is 5.89. The Balaban J connectivity index is 2.50. The van der Waals surface area contributed by atoms with Crippen molar-refractivity contribution >= 4 is 15.9 Å². The molecule has 16 heavy (non-hydrogen) atoms. The van der Waals surface area contributed by atoms with Gasteiger partial charge in [0.1, 0.15) is 5.75 Å². The summed E-state index contributed by atoms with van der Waals surface area (Å²) in [6, 6.07) is 4.29. The number of rotatable bonds is 6. The quantitative estimate of drug-likeness (QED) is 0.550. The van der Waals surface area contributed by atoms with Gasteiger partial charge in [-0.15, -0.1) is 0 Å². The van der Waals surface area contributed by atoms with Gasteiger partial charge >= 0.3 is 0 Å². The second-order valence-corrected chi connectivity index (χ2v) is 5.04. The van der Waals surface area contributed by atoms with Crippen molar-refractivity contribution in [1.82, 2.24) is 0 Å². The average molecular weight is 285 g/mol. The second kappa shape index (κ2) is 6.95. The van der Waals surface area contributed by atoms with Crippen LogP contribution < -0.4 is 4.74 Å². The van der Waals surface area contributed by atoms with E-state index in [4.69, 9.17) is 4.74 Å². The molecule has 0 aromatic heterocycles. The van der Waals surface area contributed by atoms with Crippen LogP contribution in [0.1, 0.15) is 36.0 Å². The number of unbranched alkanes of at least 4 members (excludes halogenated alkanes) is 2. The lowest BCUT2D eigenvalue weighted by atomic mass is 10.1. The number of aryl methyl sites for hydroxylation is 2. The van der Waals surface area contributed by atoms with Crippen LogP contribution >= 0.6 is 15.9 Å². The molecule has 0 saturated heterocycles. The minimum Gasteiger partial charge on any atom is -0.493 e. The van der Waals surface area contributed by atoms with Crippen LogP contribution in [0, 0.1) is 20.8 Å². The predicted molar refractivity (Wildman–Crippen MR) is 73.8 cm³/mol. The lowest BCUT2D eigenvalue weighted by molar-refractivity contribution is 0.302. The SMILES string of the molecule is Cc1ccc(C)c(OCCCCCBr)c1C. The van der Waals surface area contributed by atoms with Crippen LogP contribution in [-0.4, -0.2) is 11.9 Å². The summed E-state index contributed by atoms with van der Waals surface area (Å²) in [5.74, 6) is 1.08. The molecule has 0 aliphatic rings. The summed E-state index contributed by atoms with van der Waals surface area (Å²) in [6.07, 6.45) is 3.60. The van der Waals surface area contributed by atoms with Crippen molar-refractivity contribution in [3.63, 3.8) is 0 Å².